The van der Waals surface area contributed by atoms with Gasteiger partial charge in [-0.1, -0.05) is 0 Å². The summed E-state index contributed by atoms with van der Waals surface area (Å²) in [4.78, 5) is 24.0. The summed E-state index contributed by atoms with van der Waals surface area (Å²) in [5.74, 6) is -1.01. The largest absolute Gasteiger partial charge is 0.338 e. The van der Waals surface area contributed by atoms with E-state index in [0.717, 1.165) is 24.6 Å². The Hall–Kier alpha value is -2.02. The molecule has 0 bridgehead atoms. The number of nitro groups is 1. The molecule has 0 spiro atoms. The van der Waals surface area contributed by atoms with Crippen molar-refractivity contribution < 1.29 is 14.1 Å². The summed E-state index contributed by atoms with van der Waals surface area (Å²) in [5, 5.41) is 10.9. The molecule has 0 aromatic heterocycles. The van der Waals surface area contributed by atoms with Gasteiger partial charge in [0.25, 0.3) is 11.6 Å². The van der Waals surface area contributed by atoms with Crippen LogP contribution in [0.3, 0.4) is 0 Å². The zero-order valence-electron chi connectivity index (χ0n) is 11.1. The van der Waals surface area contributed by atoms with Crippen LogP contribution in [-0.2, 0) is 0 Å². The van der Waals surface area contributed by atoms with Gasteiger partial charge in [-0.15, -0.1) is 0 Å². The maximum Gasteiger partial charge on any atom is 0.282 e. The number of carbonyl (C=O) groups excluding carboxylic acids is 1. The average molecular weight is 281 g/mol. The van der Waals surface area contributed by atoms with Crippen LogP contribution in [0, 0.1) is 21.8 Å². The Morgan fingerprint density at radius 1 is 1.60 bits per heavy atom. The van der Waals surface area contributed by atoms with Gasteiger partial charge in [-0.3, -0.25) is 14.9 Å². The number of rotatable bonds is 3. The maximum absolute atomic E-state index is 13.2. The first kappa shape index (κ1) is 14.4. The molecular formula is C13H16FN3O3. The van der Waals surface area contributed by atoms with E-state index in [0.29, 0.717) is 13.1 Å². The SMILES string of the molecule is CC(N)C1CCN(C(=O)c2cc(F)ccc2[N+](=O)[O-])C1. The molecule has 1 fully saturated rings. The second-order valence-electron chi connectivity index (χ2n) is 5.08. The first-order valence-corrected chi connectivity index (χ1v) is 6.39. The highest BCUT2D eigenvalue weighted by atomic mass is 19.1. The van der Waals surface area contributed by atoms with E-state index in [9.17, 15) is 19.3 Å². The second-order valence-corrected chi connectivity index (χ2v) is 5.08. The molecule has 1 aliphatic rings. The van der Waals surface area contributed by atoms with Crippen molar-refractivity contribution in [2.75, 3.05) is 13.1 Å². The van der Waals surface area contributed by atoms with E-state index in [2.05, 4.69) is 0 Å². The van der Waals surface area contributed by atoms with Crippen molar-refractivity contribution in [3.8, 4) is 0 Å². The third-order valence-electron chi connectivity index (χ3n) is 3.64. The minimum Gasteiger partial charge on any atom is -0.338 e. The number of nitro benzene ring substituents is 1. The Morgan fingerprint density at radius 2 is 2.30 bits per heavy atom. The lowest BCUT2D eigenvalue weighted by molar-refractivity contribution is -0.385. The molecule has 0 aliphatic carbocycles. The zero-order valence-corrected chi connectivity index (χ0v) is 11.1. The van der Waals surface area contributed by atoms with Crippen LogP contribution in [0.2, 0.25) is 0 Å². The summed E-state index contributed by atoms with van der Waals surface area (Å²) in [6.07, 6.45) is 0.756. The summed E-state index contributed by atoms with van der Waals surface area (Å²) < 4.78 is 13.2. The third kappa shape index (κ3) is 2.77. The van der Waals surface area contributed by atoms with Crippen LogP contribution in [0.1, 0.15) is 23.7 Å². The molecule has 7 heteroatoms. The number of nitrogens with two attached hydrogens (primary N) is 1. The number of nitrogens with zero attached hydrogens (tertiary/aromatic N) is 2. The Balaban J connectivity index is 2.26. The molecule has 20 heavy (non-hydrogen) atoms. The predicted molar refractivity (Wildman–Crippen MR) is 70.7 cm³/mol. The molecule has 2 unspecified atom stereocenters. The predicted octanol–water partition coefficient (Wildman–Crippen LogP) is 1.54. The van der Waals surface area contributed by atoms with E-state index in [-0.39, 0.29) is 23.2 Å². The molecule has 1 heterocycles. The smallest absolute Gasteiger partial charge is 0.282 e. The molecule has 1 saturated heterocycles. The molecule has 2 atom stereocenters. The van der Waals surface area contributed by atoms with Crippen molar-refractivity contribution in [3.05, 3.63) is 39.7 Å². The number of benzene rings is 1. The molecule has 1 aromatic rings. The first-order chi connectivity index (χ1) is 9.40. The number of amides is 1. The molecule has 2 rings (SSSR count). The topological polar surface area (TPSA) is 89.5 Å². The van der Waals surface area contributed by atoms with Crippen LogP contribution >= 0.6 is 0 Å². The van der Waals surface area contributed by atoms with E-state index < -0.39 is 16.6 Å². The lowest BCUT2D eigenvalue weighted by Gasteiger charge is -2.18. The van der Waals surface area contributed by atoms with Crippen LogP contribution in [0.4, 0.5) is 10.1 Å². The maximum atomic E-state index is 13.2. The lowest BCUT2D eigenvalue weighted by atomic mass is 10.0. The summed E-state index contributed by atoms with van der Waals surface area (Å²) in [6, 6.07) is 2.86. The molecule has 2 N–H and O–H groups in total. The van der Waals surface area contributed by atoms with Gasteiger partial charge in [0.2, 0.25) is 0 Å². The van der Waals surface area contributed by atoms with Gasteiger partial charge in [0, 0.05) is 25.2 Å². The van der Waals surface area contributed by atoms with Gasteiger partial charge in [0.1, 0.15) is 11.4 Å². The fraction of sp³-hybridized carbons (Fsp3) is 0.462. The van der Waals surface area contributed by atoms with E-state index in [4.69, 9.17) is 5.73 Å². The quantitative estimate of drug-likeness (QED) is 0.672. The summed E-state index contributed by atoms with van der Waals surface area (Å²) >= 11 is 0. The Kier molecular flexibility index (Phi) is 3.99. The highest BCUT2D eigenvalue weighted by Crippen LogP contribution is 2.25. The minimum atomic E-state index is -0.675. The van der Waals surface area contributed by atoms with Crippen molar-refractivity contribution in [2.45, 2.75) is 19.4 Å². The first-order valence-electron chi connectivity index (χ1n) is 6.39. The van der Waals surface area contributed by atoms with Gasteiger partial charge >= 0.3 is 0 Å². The number of halogens is 1. The lowest BCUT2D eigenvalue weighted by Crippen LogP contribution is -2.33. The molecule has 1 aliphatic heterocycles. The fourth-order valence-corrected chi connectivity index (χ4v) is 2.41. The molecule has 108 valence electrons. The van der Waals surface area contributed by atoms with E-state index in [1.165, 1.54) is 4.90 Å². The van der Waals surface area contributed by atoms with Crippen LogP contribution in [0.15, 0.2) is 18.2 Å². The van der Waals surface area contributed by atoms with Gasteiger partial charge < -0.3 is 10.6 Å². The summed E-state index contributed by atoms with van der Waals surface area (Å²) in [6.45, 7) is 2.80. The van der Waals surface area contributed by atoms with Gasteiger partial charge in [-0.2, -0.15) is 0 Å². The van der Waals surface area contributed by atoms with Crippen LogP contribution in [-0.4, -0.2) is 34.9 Å². The van der Waals surface area contributed by atoms with Crippen LogP contribution in [0.25, 0.3) is 0 Å². The molecule has 0 radical (unpaired) electrons. The highest BCUT2D eigenvalue weighted by Gasteiger charge is 2.32. The number of hydrogen-bond acceptors (Lipinski definition) is 4. The molecule has 1 amide bonds. The Morgan fingerprint density at radius 3 is 2.85 bits per heavy atom. The van der Waals surface area contributed by atoms with E-state index in [1.54, 1.807) is 0 Å². The highest BCUT2D eigenvalue weighted by molar-refractivity contribution is 5.98. The van der Waals surface area contributed by atoms with Crippen molar-refractivity contribution >= 4 is 11.6 Å². The zero-order chi connectivity index (χ0) is 14.9. The third-order valence-corrected chi connectivity index (χ3v) is 3.64. The molecule has 1 aromatic carbocycles. The van der Waals surface area contributed by atoms with Gasteiger partial charge in [0.15, 0.2) is 0 Å². The van der Waals surface area contributed by atoms with Crippen molar-refractivity contribution in [1.82, 2.24) is 4.90 Å². The van der Waals surface area contributed by atoms with Gasteiger partial charge in [-0.05, 0) is 31.4 Å². The van der Waals surface area contributed by atoms with E-state index in [1.807, 2.05) is 6.92 Å². The van der Waals surface area contributed by atoms with Crippen LogP contribution in [0.5, 0.6) is 0 Å². The number of carbonyl (C=O) groups is 1. The number of likely N-dealkylation sites (tertiary alicyclic amines) is 1. The van der Waals surface area contributed by atoms with Crippen molar-refractivity contribution in [3.63, 3.8) is 0 Å². The molecule has 0 saturated carbocycles. The van der Waals surface area contributed by atoms with E-state index >= 15 is 0 Å². The fourth-order valence-electron chi connectivity index (χ4n) is 2.41. The van der Waals surface area contributed by atoms with Crippen molar-refractivity contribution in [1.29, 1.82) is 0 Å². The normalized spacial score (nSPS) is 19.9. The standard InChI is InChI=1S/C13H16FN3O3/c1-8(15)9-4-5-16(7-9)13(18)11-6-10(14)2-3-12(11)17(19)20/h2-3,6,8-9H,4-5,7,15H2,1H3. The Bertz CT molecular complexity index is 548. The summed E-state index contributed by atoms with van der Waals surface area (Å²) in [7, 11) is 0. The number of hydrogen-bond donors (Lipinski definition) is 1. The van der Waals surface area contributed by atoms with Crippen LogP contribution < -0.4 is 5.73 Å². The average Bonchev–Trinajstić information content (AvgIpc) is 2.87. The Labute approximate surface area is 115 Å². The minimum absolute atomic E-state index is 0.0460. The van der Waals surface area contributed by atoms with Crippen molar-refractivity contribution in [2.24, 2.45) is 11.7 Å². The van der Waals surface area contributed by atoms with Gasteiger partial charge in [-0.25, -0.2) is 4.39 Å². The summed E-state index contributed by atoms with van der Waals surface area (Å²) in [5.41, 5.74) is 5.21. The molecular weight excluding hydrogens is 265 g/mol. The van der Waals surface area contributed by atoms with Gasteiger partial charge in [0.05, 0.1) is 4.92 Å². The molecule has 6 nitrogen and oxygen atoms in total. The second kappa shape index (κ2) is 5.54. The monoisotopic (exact) mass is 281 g/mol.